The lowest BCUT2D eigenvalue weighted by Crippen LogP contribution is -2.37. The van der Waals surface area contributed by atoms with Crippen LogP contribution in [0.2, 0.25) is 0 Å². The molecule has 0 atom stereocenters. The van der Waals surface area contributed by atoms with Crippen molar-refractivity contribution in [2.24, 2.45) is 0 Å². The maximum Gasteiger partial charge on any atom is 0.136 e. The summed E-state index contributed by atoms with van der Waals surface area (Å²) < 4.78 is 5.40. The van der Waals surface area contributed by atoms with E-state index in [0.29, 0.717) is 0 Å². The molecule has 1 aromatic carbocycles. The Bertz CT molecular complexity index is 563. The van der Waals surface area contributed by atoms with Crippen LogP contribution in [0, 0.1) is 0 Å². The first-order valence-corrected chi connectivity index (χ1v) is 6.86. The van der Waals surface area contributed by atoms with Crippen LogP contribution in [0.4, 0.5) is 5.82 Å². The van der Waals surface area contributed by atoms with Crippen LogP contribution < -0.4 is 4.90 Å². The second-order valence-corrected chi connectivity index (χ2v) is 4.83. The Morgan fingerprint density at radius 1 is 1.10 bits per heavy atom. The first kappa shape index (κ1) is 13.1. The Morgan fingerprint density at radius 3 is 2.55 bits per heavy atom. The van der Waals surface area contributed by atoms with Crippen molar-refractivity contribution in [1.29, 1.82) is 0 Å². The van der Waals surface area contributed by atoms with Gasteiger partial charge in [-0.2, -0.15) is 0 Å². The third kappa shape index (κ3) is 2.66. The van der Waals surface area contributed by atoms with Crippen molar-refractivity contribution in [2.45, 2.75) is 6.61 Å². The number of aliphatic hydroxyl groups excluding tert-OH is 1. The number of ether oxygens (including phenoxy) is 1. The molecule has 104 valence electrons. The molecule has 2 heterocycles. The van der Waals surface area contributed by atoms with Crippen molar-refractivity contribution < 1.29 is 9.84 Å². The number of hydrogen-bond donors (Lipinski definition) is 1. The number of nitrogens with zero attached hydrogens (tertiary/aromatic N) is 2. The molecule has 4 heteroatoms. The van der Waals surface area contributed by atoms with E-state index in [4.69, 9.17) is 9.84 Å². The van der Waals surface area contributed by atoms with Gasteiger partial charge in [-0.3, -0.25) is 0 Å². The molecule has 2 aromatic rings. The summed E-state index contributed by atoms with van der Waals surface area (Å²) in [5, 5.41) is 9.12. The average molecular weight is 270 g/mol. The molecule has 0 bridgehead atoms. The van der Waals surface area contributed by atoms with Crippen LogP contribution in [0.25, 0.3) is 11.1 Å². The Balaban J connectivity index is 1.95. The van der Waals surface area contributed by atoms with Gasteiger partial charge in [-0.15, -0.1) is 0 Å². The second kappa shape index (κ2) is 6.03. The predicted octanol–water partition coefficient (Wildman–Crippen LogP) is 2.08. The van der Waals surface area contributed by atoms with Crippen molar-refractivity contribution in [3.05, 3.63) is 48.2 Å². The van der Waals surface area contributed by atoms with E-state index in [2.05, 4.69) is 16.0 Å². The summed E-state index contributed by atoms with van der Waals surface area (Å²) in [4.78, 5) is 6.81. The van der Waals surface area contributed by atoms with E-state index in [9.17, 15) is 0 Å². The normalized spacial score (nSPS) is 15.3. The van der Waals surface area contributed by atoms with Gasteiger partial charge in [0, 0.05) is 24.8 Å². The van der Waals surface area contributed by atoms with E-state index in [-0.39, 0.29) is 6.61 Å². The second-order valence-electron chi connectivity index (χ2n) is 4.83. The van der Waals surface area contributed by atoms with Crippen LogP contribution in [0.3, 0.4) is 0 Å². The van der Waals surface area contributed by atoms with Gasteiger partial charge in [0.1, 0.15) is 5.82 Å². The molecular formula is C16H18N2O2. The van der Waals surface area contributed by atoms with Gasteiger partial charge in [0.2, 0.25) is 0 Å². The number of pyridine rings is 1. The quantitative estimate of drug-likeness (QED) is 0.927. The van der Waals surface area contributed by atoms with Gasteiger partial charge >= 0.3 is 0 Å². The Kier molecular flexibility index (Phi) is 3.95. The molecule has 1 fully saturated rings. The zero-order chi connectivity index (χ0) is 13.8. The number of aromatic nitrogens is 1. The van der Waals surface area contributed by atoms with Gasteiger partial charge in [-0.1, -0.05) is 24.3 Å². The van der Waals surface area contributed by atoms with E-state index >= 15 is 0 Å². The standard InChI is InChI=1S/C16H18N2O2/c19-12-13-3-5-14(6-4-13)15-2-1-7-17-16(15)18-8-10-20-11-9-18/h1-7,19H,8-12H2. The minimum Gasteiger partial charge on any atom is -0.392 e. The average Bonchev–Trinajstić information content (AvgIpc) is 2.56. The van der Waals surface area contributed by atoms with Crippen molar-refractivity contribution in [2.75, 3.05) is 31.2 Å². The summed E-state index contributed by atoms with van der Waals surface area (Å²) in [6.45, 7) is 3.32. The molecule has 3 rings (SSSR count). The number of benzene rings is 1. The smallest absolute Gasteiger partial charge is 0.136 e. The highest BCUT2D eigenvalue weighted by molar-refractivity contribution is 5.76. The number of hydrogen-bond acceptors (Lipinski definition) is 4. The molecule has 0 aliphatic carbocycles. The van der Waals surface area contributed by atoms with Gasteiger partial charge in [-0.25, -0.2) is 4.98 Å². The fraction of sp³-hybridized carbons (Fsp3) is 0.312. The van der Waals surface area contributed by atoms with Crippen LogP contribution in [-0.4, -0.2) is 36.4 Å². The summed E-state index contributed by atoms with van der Waals surface area (Å²) in [5.41, 5.74) is 3.17. The minimum absolute atomic E-state index is 0.0731. The van der Waals surface area contributed by atoms with Gasteiger partial charge in [0.25, 0.3) is 0 Å². The molecule has 0 radical (unpaired) electrons. The summed E-state index contributed by atoms with van der Waals surface area (Å²) in [6, 6.07) is 12.0. The summed E-state index contributed by atoms with van der Waals surface area (Å²) in [7, 11) is 0. The van der Waals surface area contributed by atoms with E-state index in [0.717, 1.165) is 48.8 Å². The summed E-state index contributed by atoms with van der Waals surface area (Å²) in [6.07, 6.45) is 1.83. The first-order valence-electron chi connectivity index (χ1n) is 6.86. The Labute approximate surface area is 118 Å². The lowest BCUT2D eigenvalue weighted by Gasteiger charge is -2.29. The number of anilines is 1. The Morgan fingerprint density at radius 2 is 1.85 bits per heavy atom. The fourth-order valence-corrected chi connectivity index (χ4v) is 2.44. The third-order valence-electron chi connectivity index (χ3n) is 3.54. The monoisotopic (exact) mass is 270 g/mol. The van der Waals surface area contributed by atoms with Gasteiger partial charge in [-0.05, 0) is 23.3 Å². The SMILES string of the molecule is OCc1ccc(-c2cccnc2N2CCOCC2)cc1. The highest BCUT2D eigenvalue weighted by Gasteiger charge is 2.16. The van der Waals surface area contributed by atoms with Crippen LogP contribution in [0.1, 0.15) is 5.56 Å². The molecule has 1 saturated heterocycles. The van der Waals surface area contributed by atoms with Gasteiger partial charge < -0.3 is 14.7 Å². The predicted molar refractivity (Wildman–Crippen MR) is 78.6 cm³/mol. The van der Waals surface area contributed by atoms with Crippen molar-refractivity contribution in [3.63, 3.8) is 0 Å². The Hall–Kier alpha value is -1.91. The molecule has 0 spiro atoms. The minimum atomic E-state index is 0.0731. The molecule has 20 heavy (non-hydrogen) atoms. The molecule has 0 unspecified atom stereocenters. The molecule has 1 aliphatic rings. The summed E-state index contributed by atoms with van der Waals surface area (Å²) in [5.74, 6) is 1.01. The van der Waals surface area contributed by atoms with Crippen molar-refractivity contribution >= 4 is 5.82 Å². The molecular weight excluding hydrogens is 252 g/mol. The van der Waals surface area contributed by atoms with Crippen LogP contribution in [0.5, 0.6) is 0 Å². The lowest BCUT2D eigenvalue weighted by molar-refractivity contribution is 0.122. The maximum atomic E-state index is 9.12. The van der Waals surface area contributed by atoms with Crippen molar-refractivity contribution in [3.8, 4) is 11.1 Å². The largest absolute Gasteiger partial charge is 0.392 e. The van der Waals surface area contributed by atoms with E-state index < -0.39 is 0 Å². The fourth-order valence-electron chi connectivity index (χ4n) is 2.44. The van der Waals surface area contributed by atoms with Crippen LogP contribution >= 0.6 is 0 Å². The zero-order valence-corrected chi connectivity index (χ0v) is 11.3. The number of rotatable bonds is 3. The molecule has 0 saturated carbocycles. The number of aliphatic hydroxyl groups is 1. The highest BCUT2D eigenvalue weighted by Crippen LogP contribution is 2.29. The van der Waals surface area contributed by atoms with Gasteiger partial charge in [0.15, 0.2) is 0 Å². The summed E-state index contributed by atoms with van der Waals surface area (Å²) >= 11 is 0. The zero-order valence-electron chi connectivity index (χ0n) is 11.3. The topological polar surface area (TPSA) is 45.6 Å². The van der Waals surface area contributed by atoms with Crippen LogP contribution in [0.15, 0.2) is 42.6 Å². The van der Waals surface area contributed by atoms with Gasteiger partial charge in [0.05, 0.1) is 19.8 Å². The lowest BCUT2D eigenvalue weighted by atomic mass is 10.0. The first-order chi connectivity index (χ1) is 9.88. The van der Waals surface area contributed by atoms with E-state index in [1.54, 1.807) is 0 Å². The molecule has 1 aliphatic heterocycles. The molecule has 1 aromatic heterocycles. The highest BCUT2D eigenvalue weighted by atomic mass is 16.5. The third-order valence-corrected chi connectivity index (χ3v) is 3.54. The maximum absolute atomic E-state index is 9.12. The van der Waals surface area contributed by atoms with Crippen molar-refractivity contribution in [1.82, 2.24) is 4.98 Å². The molecule has 0 amide bonds. The van der Waals surface area contributed by atoms with Crippen LogP contribution in [-0.2, 0) is 11.3 Å². The molecule has 4 nitrogen and oxygen atoms in total. The molecule has 1 N–H and O–H groups in total. The number of morpholine rings is 1. The van der Waals surface area contributed by atoms with E-state index in [1.807, 2.05) is 36.5 Å². The van der Waals surface area contributed by atoms with E-state index in [1.165, 1.54) is 0 Å².